The number of halogens is 3. The van der Waals surface area contributed by atoms with Gasteiger partial charge in [-0.25, -0.2) is 0 Å². The summed E-state index contributed by atoms with van der Waals surface area (Å²) >= 11 is 0. The van der Waals surface area contributed by atoms with Crippen LogP contribution in [0.4, 0.5) is 0 Å². The Morgan fingerprint density at radius 3 is 1.00 bits per heavy atom. The molecular formula is C3H8Cl3OZr. The minimum absolute atomic E-state index is 0. The molecule has 1 N–H and O–H groups in total. The molecule has 1 nitrogen and oxygen atoms in total. The third kappa shape index (κ3) is 118. The summed E-state index contributed by atoms with van der Waals surface area (Å²) in [6.45, 7) is 3.44. The fraction of sp³-hybridized carbons (Fsp3) is 1.00. The van der Waals surface area contributed by atoms with Crippen LogP contribution in [0.5, 0.6) is 0 Å². The van der Waals surface area contributed by atoms with Crippen LogP contribution in [0.25, 0.3) is 0 Å². The molecule has 0 aliphatic carbocycles. The molecule has 0 spiro atoms. The van der Waals surface area contributed by atoms with Crippen molar-refractivity contribution < 1.29 is 68.5 Å². The van der Waals surface area contributed by atoms with Crippen molar-refractivity contribution in [3.05, 3.63) is 0 Å². The Bertz CT molecular complexity index is 19.2. The SMILES string of the molecule is CC(C)O.[Cl-].[Cl-].[Cl-].[Zr+3]. The zero-order chi connectivity index (χ0) is 3.58. The molecule has 5 heteroatoms. The molecule has 0 aliphatic rings. The second kappa shape index (κ2) is 23.3. The quantitative estimate of drug-likeness (QED) is 0.457. The summed E-state index contributed by atoms with van der Waals surface area (Å²) in [5, 5.41) is 8.06. The standard InChI is InChI=1S/C3H8O.3ClH.Zr/c1-3(2)4;;;;/h3-4H,1-2H3;3*1H;/q;;;;+3/p-3. The first-order valence-corrected chi connectivity index (χ1v) is 1.41. The Hall–Kier alpha value is 1.71. The number of aliphatic hydroxyl groups is 1. The Labute approximate surface area is 88.0 Å². The fourth-order valence-corrected chi connectivity index (χ4v) is 0. The van der Waals surface area contributed by atoms with Gasteiger partial charge in [0.15, 0.2) is 0 Å². The van der Waals surface area contributed by atoms with Gasteiger partial charge in [0.2, 0.25) is 0 Å². The monoisotopic (exact) mass is 255 g/mol. The third-order valence-corrected chi connectivity index (χ3v) is 0. The van der Waals surface area contributed by atoms with Gasteiger partial charge in [0, 0.05) is 6.10 Å². The van der Waals surface area contributed by atoms with Gasteiger partial charge in [-0.15, -0.1) is 0 Å². The van der Waals surface area contributed by atoms with Gasteiger partial charge in [0.05, 0.1) is 0 Å². The fourth-order valence-electron chi connectivity index (χ4n) is 0. The van der Waals surface area contributed by atoms with E-state index in [1.54, 1.807) is 13.8 Å². The first-order chi connectivity index (χ1) is 1.73. The molecule has 0 amide bonds. The van der Waals surface area contributed by atoms with Gasteiger partial charge in [-0.2, -0.15) is 0 Å². The Morgan fingerprint density at radius 1 is 1.00 bits per heavy atom. The summed E-state index contributed by atoms with van der Waals surface area (Å²) in [7, 11) is 0. The Morgan fingerprint density at radius 2 is 1.00 bits per heavy atom. The molecule has 0 saturated heterocycles. The van der Waals surface area contributed by atoms with Crippen molar-refractivity contribution in [2.45, 2.75) is 20.0 Å². The van der Waals surface area contributed by atoms with Crippen molar-refractivity contribution >= 4 is 0 Å². The van der Waals surface area contributed by atoms with Crippen molar-refractivity contribution in [2.24, 2.45) is 0 Å². The minimum Gasteiger partial charge on any atom is -1.00 e. The van der Waals surface area contributed by atoms with Gasteiger partial charge >= 0.3 is 26.2 Å². The first-order valence-electron chi connectivity index (χ1n) is 1.41. The molecular weight excluding hydrogens is 250 g/mol. The first kappa shape index (κ1) is 33.2. The van der Waals surface area contributed by atoms with E-state index >= 15 is 0 Å². The molecule has 0 heterocycles. The van der Waals surface area contributed by atoms with Crippen molar-refractivity contribution in [2.75, 3.05) is 0 Å². The molecule has 0 saturated carbocycles. The van der Waals surface area contributed by atoms with Crippen LogP contribution in [0, 0.1) is 0 Å². The molecule has 0 aromatic heterocycles. The van der Waals surface area contributed by atoms with E-state index in [-0.39, 0.29) is 69.5 Å². The molecule has 1 radical (unpaired) electrons. The van der Waals surface area contributed by atoms with Crippen LogP contribution in [0.15, 0.2) is 0 Å². The molecule has 0 bridgehead atoms. The van der Waals surface area contributed by atoms with Crippen molar-refractivity contribution in [1.29, 1.82) is 0 Å². The average Bonchev–Trinajstić information content (AvgIpc) is 0.811. The summed E-state index contributed by atoms with van der Waals surface area (Å²) < 4.78 is 0. The van der Waals surface area contributed by atoms with E-state index in [0.717, 1.165) is 0 Å². The van der Waals surface area contributed by atoms with E-state index in [1.807, 2.05) is 0 Å². The van der Waals surface area contributed by atoms with E-state index in [0.29, 0.717) is 0 Å². The molecule has 51 valence electrons. The van der Waals surface area contributed by atoms with Crippen LogP contribution in [-0.4, -0.2) is 11.2 Å². The maximum absolute atomic E-state index is 8.06. The van der Waals surface area contributed by atoms with Crippen LogP contribution in [0.1, 0.15) is 13.8 Å². The van der Waals surface area contributed by atoms with Crippen LogP contribution in [0.3, 0.4) is 0 Å². The summed E-state index contributed by atoms with van der Waals surface area (Å²) in [4.78, 5) is 0. The van der Waals surface area contributed by atoms with Crippen LogP contribution in [0.2, 0.25) is 0 Å². The van der Waals surface area contributed by atoms with Gasteiger partial charge in [-0.05, 0) is 13.8 Å². The number of rotatable bonds is 0. The van der Waals surface area contributed by atoms with E-state index in [4.69, 9.17) is 5.11 Å². The second-order valence-electron chi connectivity index (χ2n) is 1.09. The molecule has 0 aromatic carbocycles. The normalized spacial score (nSPS) is 4.50. The van der Waals surface area contributed by atoms with Crippen molar-refractivity contribution in [3.8, 4) is 0 Å². The number of hydrogen-bond donors (Lipinski definition) is 1. The van der Waals surface area contributed by atoms with Gasteiger partial charge in [-0.3, -0.25) is 0 Å². The molecule has 0 aromatic rings. The molecule has 0 unspecified atom stereocenters. The van der Waals surface area contributed by atoms with Crippen molar-refractivity contribution in [3.63, 3.8) is 0 Å². The summed E-state index contributed by atoms with van der Waals surface area (Å²) in [5.41, 5.74) is 0. The van der Waals surface area contributed by atoms with Crippen molar-refractivity contribution in [1.82, 2.24) is 0 Å². The molecule has 0 atom stereocenters. The summed E-state index contributed by atoms with van der Waals surface area (Å²) in [6.07, 6.45) is -0.167. The predicted molar refractivity (Wildman–Crippen MR) is 17.4 cm³/mol. The predicted octanol–water partition coefficient (Wildman–Crippen LogP) is -8.60. The largest absolute Gasteiger partial charge is 3.00 e. The van der Waals surface area contributed by atoms with Gasteiger partial charge in [0.1, 0.15) is 0 Å². The zero-order valence-electron chi connectivity index (χ0n) is 4.66. The number of aliphatic hydroxyl groups excluding tert-OH is 1. The van der Waals surface area contributed by atoms with Crippen LogP contribution >= 0.6 is 0 Å². The van der Waals surface area contributed by atoms with Gasteiger partial charge < -0.3 is 42.3 Å². The van der Waals surface area contributed by atoms with Crippen LogP contribution in [-0.2, 0) is 26.2 Å². The maximum atomic E-state index is 8.06. The second-order valence-corrected chi connectivity index (χ2v) is 1.09. The molecule has 0 fully saturated rings. The molecule has 8 heavy (non-hydrogen) atoms. The average molecular weight is 258 g/mol. The smallest absolute Gasteiger partial charge is 1.00 e. The molecule has 0 rings (SSSR count). The minimum atomic E-state index is -0.167. The van der Waals surface area contributed by atoms with Gasteiger partial charge in [0.25, 0.3) is 0 Å². The van der Waals surface area contributed by atoms with Gasteiger partial charge in [-0.1, -0.05) is 0 Å². The maximum Gasteiger partial charge on any atom is 3.00 e. The van der Waals surface area contributed by atoms with E-state index in [2.05, 4.69) is 0 Å². The topological polar surface area (TPSA) is 20.2 Å². The van der Waals surface area contributed by atoms with Crippen LogP contribution < -0.4 is 37.2 Å². The Kier molecular flexibility index (Phi) is 96.8. The Balaban J connectivity index is -0.00000000750. The summed E-state index contributed by atoms with van der Waals surface area (Å²) in [6, 6.07) is 0. The number of hydrogen-bond acceptors (Lipinski definition) is 1. The molecule has 0 aliphatic heterocycles. The third-order valence-electron chi connectivity index (χ3n) is 0. The van der Waals surface area contributed by atoms with E-state index < -0.39 is 0 Å². The van der Waals surface area contributed by atoms with E-state index in [1.165, 1.54) is 0 Å². The van der Waals surface area contributed by atoms with E-state index in [9.17, 15) is 0 Å². The zero-order valence-corrected chi connectivity index (χ0v) is 9.38. The summed E-state index contributed by atoms with van der Waals surface area (Å²) in [5.74, 6) is 0.